The predicted octanol–water partition coefficient (Wildman–Crippen LogP) is 3.21. The fourth-order valence-electron chi connectivity index (χ4n) is 2.14. The average molecular weight is 316 g/mol. The Kier molecular flexibility index (Phi) is 5.40. The number of ether oxygens (including phenoxy) is 1. The molecule has 0 N–H and O–H groups in total. The summed E-state index contributed by atoms with van der Waals surface area (Å²) in [5.74, 6) is 3.61. The second-order valence-electron chi connectivity index (χ2n) is 5.34. The molecule has 0 unspecified atom stereocenters. The van der Waals surface area contributed by atoms with E-state index in [4.69, 9.17) is 11.2 Å². The molecule has 0 spiro atoms. The van der Waals surface area contributed by atoms with Gasteiger partial charge in [0.25, 0.3) is 0 Å². The van der Waals surface area contributed by atoms with E-state index in [1.807, 2.05) is 43.5 Å². The molecule has 0 saturated carbocycles. The van der Waals surface area contributed by atoms with E-state index in [1.165, 1.54) is 11.3 Å². The molecule has 4 nitrogen and oxygen atoms in total. The number of hydrogen-bond acceptors (Lipinski definition) is 3. The zero-order chi connectivity index (χ0) is 16.1. The van der Waals surface area contributed by atoms with Crippen molar-refractivity contribution >= 4 is 27.5 Å². The van der Waals surface area contributed by atoms with E-state index in [0.29, 0.717) is 24.4 Å². The maximum absolute atomic E-state index is 12.0. The molecule has 0 saturated heterocycles. The first kappa shape index (κ1) is 16.3. The monoisotopic (exact) mass is 316 g/mol. The number of amides is 1. The second kappa shape index (κ2) is 7.28. The van der Waals surface area contributed by atoms with Crippen molar-refractivity contribution in [3.8, 4) is 18.1 Å². The molecule has 5 heteroatoms. The predicted molar refractivity (Wildman–Crippen MR) is 89.8 cm³/mol. The lowest BCUT2D eigenvalue weighted by molar-refractivity contribution is -0.118. The molecule has 0 aliphatic carbocycles. The Hall–Kier alpha value is -2.06. The van der Waals surface area contributed by atoms with Crippen LogP contribution in [0.2, 0.25) is 0 Å². The molecule has 1 heterocycles. The highest BCUT2D eigenvalue weighted by atomic mass is 32.1. The Labute approximate surface area is 134 Å². The molecular weight excluding hydrogens is 296 g/mol. The number of aromatic nitrogens is 1. The largest absolute Gasteiger partial charge is 0.494 e. The lowest BCUT2D eigenvalue weighted by Gasteiger charge is -2.03. The molecule has 1 amide bonds. The van der Waals surface area contributed by atoms with Gasteiger partial charge in [-0.15, -0.1) is 6.42 Å². The van der Waals surface area contributed by atoms with E-state index in [9.17, 15) is 4.79 Å². The zero-order valence-corrected chi connectivity index (χ0v) is 13.9. The van der Waals surface area contributed by atoms with Crippen molar-refractivity contribution in [2.24, 2.45) is 10.9 Å². The van der Waals surface area contributed by atoms with Gasteiger partial charge < -0.3 is 9.30 Å². The van der Waals surface area contributed by atoms with Gasteiger partial charge in [-0.3, -0.25) is 4.79 Å². The van der Waals surface area contributed by atoms with E-state index in [0.717, 1.165) is 16.0 Å². The molecule has 2 aromatic rings. The van der Waals surface area contributed by atoms with Gasteiger partial charge in [0.2, 0.25) is 5.91 Å². The molecule has 22 heavy (non-hydrogen) atoms. The number of carbonyl (C=O) groups is 1. The van der Waals surface area contributed by atoms with E-state index < -0.39 is 0 Å². The summed E-state index contributed by atoms with van der Waals surface area (Å²) >= 11 is 1.46. The SMILES string of the molecule is C#CCn1c(=NC(=O)CC(C)C)sc2cc(OCC)ccc21. The summed E-state index contributed by atoms with van der Waals surface area (Å²) in [5.41, 5.74) is 0.975. The van der Waals surface area contributed by atoms with Crippen LogP contribution in [-0.2, 0) is 11.3 Å². The molecule has 0 fully saturated rings. The highest BCUT2D eigenvalue weighted by Gasteiger charge is 2.09. The Balaban J connectivity index is 2.53. The van der Waals surface area contributed by atoms with Crippen molar-refractivity contribution < 1.29 is 9.53 Å². The molecule has 0 atom stereocenters. The van der Waals surface area contributed by atoms with Crippen molar-refractivity contribution in [2.45, 2.75) is 33.7 Å². The van der Waals surface area contributed by atoms with Gasteiger partial charge in [-0.25, -0.2) is 0 Å². The van der Waals surface area contributed by atoms with Crippen LogP contribution in [0.1, 0.15) is 27.2 Å². The maximum atomic E-state index is 12.0. The van der Waals surface area contributed by atoms with Crippen LogP contribution in [0.5, 0.6) is 5.75 Å². The average Bonchev–Trinajstić information content (AvgIpc) is 2.76. The molecule has 1 aromatic heterocycles. The van der Waals surface area contributed by atoms with Crippen molar-refractivity contribution in [3.63, 3.8) is 0 Å². The van der Waals surface area contributed by atoms with Crippen LogP contribution in [0.3, 0.4) is 0 Å². The van der Waals surface area contributed by atoms with Crippen LogP contribution >= 0.6 is 11.3 Å². The molecule has 2 rings (SSSR count). The van der Waals surface area contributed by atoms with Gasteiger partial charge in [0, 0.05) is 6.42 Å². The molecule has 116 valence electrons. The highest BCUT2D eigenvalue weighted by molar-refractivity contribution is 7.16. The van der Waals surface area contributed by atoms with Crippen molar-refractivity contribution in [1.82, 2.24) is 4.57 Å². The first-order chi connectivity index (χ1) is 10.5. The summed E-state index contributed by atoms with van der Waals surface area (Å²) in [6.07, 6.45) is 5.89. The van der Waals surface area contributed by atoms with E-state index in [1.54, 1.807) is 0 Å². The molecule has 1 aromatic carbocycles. The Morgan fingerprint density at radius 1 is 1.50 bits per heavy atom. The number of hydrogen-bond donors (Lipinski definition) is 0. The second-order valence-corrected chi connectivity index (χ2v) is 6.35. The topological polar surface area (TPSA) is 43.6 Å². The number of carbonyl (C=O) groups excluding carboxylic acids is 1. The van der Waals surface area contributed by atoms with Crippen LogP contribution in [-0.4, -0.2) is 17.1 Å². The molecule has 0 bridgehead atoms. The lowest BCUT2D eigenvalue weighted by atomic mass is 10.1. The third-order valence-corrected chi connectivity index (χ3v) is 4.06. The van der Waals surface area contributed by atoms with Gasteiger partial charge in [0.1, 0.15) is 5.75 Å². The summed E-state index contributed by atoms with van der Waals surface area (Å²) in [4.78, 5) is 16.9. The minimum absolute atomic E-state index is 0.114. The van der Waals surface area contributed by atoms with Gasteiger partial charge in [0.05, 0.1) is 23.4 Å². The molecule has 0 aliphatic rings. The highest BCUT2D eigenvalue weighted by Crippen LogP contribution is 2.23. The van der Waals surface area contributed by atoms with E-state index in [2.05, 4.69) is 10.9 Å². The molecule has 0 radical (unpaired) electrons. The number of fused-ring (bicyclic) bond motifs is 1. The van der Waals surface area contributed by atoms with Crippen molar-refractivity contribution in [1.29, 1.82) is 0 Å². The number of benzene rings is 1. The van der Waals surface area contributed by atoms with Gasteiger partial charge in [-0.1, -0.05) is 31.1 Å². The van der Waals surface area contributed by atoms with Gasteiger partial charge in [-0.05, 0) is 31.0 Å². The van der Waals surface area contributed by atoms with Crippen LogP contribution < -0.4 is 9.54 Å². The summed E-state index contributed by atoms with van der Waals surface area (Å²) in [7, 11) is 0. The van der Waals surface area contributed by atoms with Gasteiger partial charge in [0.15, 0.2) is 4.80 Å². The number of thiazole rings is 1. The fraction of sp³-hybridized carbons (Fsp3) is 0.412. The smallest absolute Gasteiger partial charge is 0.248 e. The lowest BCUT2D eigenvalue weighted by Crippen LogP contribution is -2.16. The number of nitrogens with zero attached hydrogens (tertiary/aromatic N) is 2. The quantitative estimate of drug-likeness (QED) is 0.795. The van der Waals surface area contributed by atoms with Gasteiger partial charge >= 0.3 is 0 Å². The van der Waals surface area contributed by atoms with Crippen LogP contribution in [0.15, 0.2) is 23.2 Å². The normalized spacial score (nSPS) is 11.9. The zero-order valence-electron chi connectivity index (χ0n) is 13.1. The Morgan fingerprint density at radius 3 is 2.91 bits per heavy atom. The van der Waals surface area contributed by atoms with E-state index >= 15 is 0 Å². The Bertz CT molecular complexity index is 778. The summed E-state index contributed by atoms with van der Waals surface area (Å²) in [6, 6.07) is 5.83. The first-order valence-electron chi connectivity index (χ1n) is 7.32. The first-order valence-corrected chi connectivity index (χ1v) is 8.14. The van der Waals surface area contributed by atoms with Crippen LogP contribution in [0.25, 0.3) is 10.2 Å². The minimum atomic E-state index is -0.114. The van der Waals surface area contributed by atoms with Crippen LogP contribution in [0, 0.1) is 18.3 Å². The number of terminal acetylenes is 1. The van der Waals surface area contributed by atoms with Gasteiger partial charge in [-0.2, -0.15) is 4.99 Å². The van der Waals surface area contributed by atoms with Crippen molar-refractivity contribution in [2.75, 3.05) is 6.61 Å². The fourth-order valence-corrected chi connectivity index (χ4v) is 3.22. The standard InChI is InChI=1S/C17H20N2O2S/c1-5-9-19-14-8-7-13(21-6-2)11-15(14)22-17(19)18-16(20)10-12(3)4/h1,7-8,11-12H,6,9-10H2,2-4H3. The molecule has 0 aliphatic heterocycles. The summed E-state index contributed by atoms with van der Waals surface area (Å²) < 4.78 is 8.42. The molecular formula is C17H20N2O2S. The minimum Gasteiger partial charge on any atom is -0.494 e. The van der Waals surface area contributed by atoms with Crippen molar-refractivity contribution in [3.05, 3.63) is 23.0 Å². The van der Waals surface area contributed by atoms with E-state index in [-0.39, 0.29) is 11.8 Å². The Morgan fingerprint density at radius 2 is 2.27 bits per heavy atom. The summed E-state index contributed by atoms with van der Waals surface area (Å²) in [5, 5.41) is 0. The van der Waals surface area contributed by atoms with Crippen LogP contribution in [0.4, 0.5) is 0 Å². The number of rotatable bonds is 5. The third kappa shape index (κ3) is 3.77. The summed E-state index contributed by atoms with van der Waals surface area (Å²) in [6.45, 7) is 6.96. The third-order valence-electron chi connectivity index (χ3n) is 3.02. The maximum Gasteiger partial charge on any atom is 0.248 e.